The molecule has 2 rings (SSSR count). The van der Waals surface area contributed by atoms with Crippen molar-refractivity contribution < 1.29 is 21.7 Å². The van der Waals surface area contributed by atoms with Gasteiger partial charge in [0.2, 0.25) is 0 Å². The van der Waals surface area contributed by atoms with Crippen molar-refractivity contribution in [1.29, 1.82) is 0 Å². The largest absolute Gasteiger partial charge is 2.00 e. The first-order chi connectivity index (χ1) is 6.39. The average molecular weight is 216 g/mol. The van der Waals surface area contributed by atoms with Crippen LogP contribution in [0.3, 0.4) is 0 Å². The van der Waals surface area contributed by atoms with E-state index in [-0.39, 0.29) is 21.7 Å². The van der Waals surface area contributed by atoms with Crippen molar-refractivity contribution in [2.24, 2.45) is 0 Å². The van der Waals surface area contributed by atoms with Gasteiger partial charge in [0.1, 0.15) is 0 Å². The molecule has 0 heterocycles. The van der Waals surface area contributed by atoms with Gasteiger partial charge in [0, 0.05) is 0 Å². The Labute approximate surface area is 101 Å². The molecule has 0 unspecified atom stereocenters. The van der Waals surface area contributed by atoms with Crippen molar-refractivity contribution in [3.05, 3.63) is 79.2 Å². The first kappa shape index (κ1) is 13.0. The van der Waals surface area contributed by atoms with Crippen molar-refractivity contribution in [2.45, 2.75) is 0 Å². The molecule has 1 heteroatoms. The van der Waals surface area contributed by atoms with E-state index >= 15 is 0 Å². The second-order valence-electron chi connectivity index (χ2n) is 2.56. The molecule has 2 aromatic carbocycles. The van der Waals surface area contributed by atoms with Crippen LogP contribution in [0.25, 0.3) is 0 Å². The van der Waals surface area contributed by atoms with Crippen LogP contribution in [-0.4, -0.2) is 0 Å². The summed E-state index contributed by atoms with van der Waals surface area (Å²) in [7, 11) is 0. The Morgan fingerprint density at radius 3 is 1.50 bits per heavy atom. The summed E-state index contributed by atoms with van der Waals surface area (Å²) in [6.45, 7) is 3.72. The molecule has 0 amide bonds. The van der Waals surface area contributed by atoms with Gasteiger partial charge in [0.25, 0.3) is 0 Å². The second kappa shape index (κ2) is 8.61. The van der Waals surface area contributed by atoms with Crippen LogP contribution in [-0.2, 0) is 21.7 Å². The number of hydrogen-bond donors (Lipinski definition) is 0. The third-order valence-electron chi connectivity index (χ3n) is 1.45. The molecule has 68 valence electrons. The standard InChI is InChI=1S/C7H7.C6H5.Ti/c1-7-5-3-2-4-6-7;1-2-4-6-5-3-1;/h2-6H,1H2;1-5H;/q2*-1;+2. The van der Waals surface area contributed by atoms with Gasteiger partial charge < -0.3 is 0 Å². The zero-order valence-corrected chi connectivity index (χ0v) is 9.54. The molecule has 0 nitrogen and oxygen atoms in total. The van der Waals surface area contributed by atoms with E-state index in [4.69, 9.17) is 0 Å². The summed E-state index contributed by atoms with van der Waals surface area (Å²) in [6, 6.07) is 22.4. The molecule has 0 spiro atoms. The molecule has 0 aliphatic rings. The van der Waals surface area contributed by atoms with Gasteiger partial charge in [-0.1, -0.05) is 6.07 Å². The third kappa shape index (κ3) is 6.53. The van der Waals surface area contributed by atoms with Gasteiger partial charge in [-0.3, -0.25) is 0 Å². The summed E-state index contributed by atoms with van der Waals surface area (Å²) in [5, 5.41) is 0. The first-order valence-electron chi connectivity index (χ1n) is 4.17. The van der Waals surface area contributed by atoms with Crippen molar-refractivity contribution >= 4 is 0 Å². The van der Waals surface area contributed by atoms with Crippen molar-refractivity contribution in [2.75, 3.05) is 0 Å². The Morgan fingerprint density at radius 1 is 0.786 bits per heavy atom. The van der Waals surface area contributed by atoms with Crippen molar-refractivity contribution in [3.63, 3.8) is 0 Å². The van der Waals surface area contributed by atoms with E-state index < -0.39 is 0 Å². The number of benzene rings is 2. The van der Waals surface area contributed by atoms with Gasteiger partial charge in [-0.05, 0) is 0 Å². The molecule has 0 fully saturated rings. The van der Waals surface area contributed by atoms with E-state index in [0.717, 1.165) is 5.56 Å². The molecule has 0 bridgehead atoms. The molecular weight excluding hydrogens is 204 g/mol. The van der Waals surface area contributed by atoms with Gasteiger partial charge in [-0.2, -0.15) is 61.0 Å². The summed E-state index contributed by atoms with van der Waals surface area (Å²) in [6.07, 6.45) is 0. The Morgan fingerprint density at radius 2 is 1.29 bits per heavy atom. The van der Waals surface area contributed by atoms with E-state index in [2.05, 4.69) is 13.0 Å². The van der Waals surface area contributed by atoms with Crippen LogP contribution in [0.2, 0.25) is 0 Å². The van der Waals surface area contributed by atoms with E-state index in [1.54, 1.807) is 0 Å². The van der Waals surface area contributed by atoms with Gasteiger partial charge in [-0.25, -0.2) is 0 Å². The smallest absolute Gasteiger partial charge is 0.199 e. The van der Waals surface area contributed by atoms with Crippen LogP contribution in [0.4, 0.5) is 0 Å². The third-order valence-corrected chi connectivity index (χ3v) is 1.45. The normalized spacial score (nSPS) is 7.71. The fraction of sp³-hybridized carbons (Fsp3) is 0. The molecule has 2 aromatic rings. The molecule has 0 radical (unpaired) electrons. The monoisotopic (exact) mass is 216 g/mol. The molecule has 0 aliphatic heterocycles. The minimum atomic E-state index is 0. The maximum absolute atomic E-state index is 3.72. The molecule has 0 atom stereocenters. The summed E-state index contributed by atoms with van der Waals surface area (Å²) in [5.41, 5.74) is 1.07. The first-order valence-corrected chi connectivity index (χ1v) is 4.17. The van der Waals surface area contributed by atoms with Crippen LogP contribution < -0.4 is 0 Å². The number of hydrogen-bond acceptors (Lipinski definition) is 0. The summed E-state index contributed by atoms with van der Waals surface area (Å²) < 4.78 is 0. The minimum absolute atomic E-state index is 0. The Kier molecular flexibility index (Phi) is 8.01. The zero-order valence-electron chi connectivity index (χ0n) is 7.98. The Balaban J connectivity index is 0.000000227. The van der Waals surface area contributed by atoms with Gasteiger partial charge in [-0.15, -0.1) is 12.1 Å². The fourth-order valence-corrected chi connectivity index (χ4v) is 0.820. The van der Waals surface area contributed by atoms with Crippen LogP contribution in [0.15, 0.2) is 60.7 Å². The maximum Gasteiger partial charge on any atom is 2.00 e. The van der Waals surface area contributed by atoms with Gasteiger partial charge in [0.05, 0.1) is 0 Å². The molecule has 0 aliphatic carbocycles. The minimum Gasteiger partial charge on any atom is -0.199 e. The van der Waals surface area contributed by atoms with E-state index in [1.807, 2.05) is 60.7 Å². The van der Waals surface area contributed by atoms with Gasteiger partial charge in [0.15, 0.2) is 0 Å². The van der Waals surface area contributed by atoms with Crippen molar-refractivity contribution in [1.82, 2.24) is 0 Å². The molecular formula is C13H12Ti. The zero-order chi connectivity index (χ0) is 9.36. The molecule has 0 N–H and O–H groups in total. The average Bonchev–Trinajstić information content (AvgIpc) is 2.22. The quantitative estimate of drug-likeness (QED) is 0.468. The van der Waals surface area contributed by atoms with Crippen LogP contribution in [0, 0.1) is 13.0 Å². The molecule has 14 heavy (non-hydrogen) atoms. The Bertz CT molecular complexity index is 276. The molecule has 0 saturated carbocycles. The van der Waals surface area contributed by atoms with Crippen LogP contribution in [0.1, 0.15) is 5.56 Å². The van der Waals surface area contributed by atoms with E-state index in [0.29, 0.717) is 0 Å². The predicted molar refractivity (Wildman–Crippen MR) is 56.2 cm³/mol. The van der Waals surface area contributed by atoms with E-state index in [9.17, 15) is 0 Å². The number of rotatable bonds is 0. The van der Waals surface area contributed by atoms with Crippen LogP contribution in [0.5, 0.6) is 0 Å². The summed E-state index contributed by atoms with van der Waals surface area (Å²) in [5.74, 6) is 0. The topological polar surface area (TPSA) is 0 Å². The maximum atomic E-state index is 3.72. The van der Waals surface area contributed by atoms with E-state index in [1.165, 1.54) is 0 Å². The van der Waals surface area contributed by atoms with Crippen LogP contribution >= 0.6 is 0 Å². The van der Waals surface area contributed by atoms with Gasteiger partial charge >= 0.3 is 21.7 Å². The SMILES string of the molecule is [CH2-]c1ccccc1.[Ti+2].[c-]1ccccc1. The summed E-state index contributed by atoms with van der Waals surface area (Å²) >= 11 is 0. The fourth-order valence-electron chi connectivity index (χ4n) is 0.820. The van der Waals surface area contributed by atoms with Crippen molar-refractivity contribution in [3.8, 4) is 0 Å². The Hall–Kier alpha value is -0.976. The molecule has 0 aromatic heterocycles. The summed E-state index contributed by atoms with van der Waals surface area (Å²) in [4.78, 5) is 0. The predicted octanol–water partition coefficient (Wildman–Crippen LogP) is 3.35. The molecule has 0 saturated heterocycles. The second-order valence-corrected chi connectivity index (χ2v) is 2.56.